The molecule has 0 aliphatic carbocycles. The average Bonchev–Trinajstić information content (AvgIpc) is 3.46. The Kier molecular flexibility index (Phi) is 5.42. The van der Waals surface area contributed by atoms with Gasteiger partial charge in [-0.3, -0.25) is 4.79 Å². The molecule has 10 heteroatoms. The summed E-state index contributed by atoms with van der Waals surface area (Å²) in [4.78, 5) is 23.0. The maximum Gasteiger partial charge on any atom is 0.246 e. The molecule has 1 N–H and O–H groups in total. The Bertz CT molecular complexity index is 1240. The van der Waals surface area contributed by atoms with Crippen molar-refractivity contribution in [1.82, 2.24) is 29.0 Å². The van der Waals surface area contributed by atoms with Crippen molar-refractivity contribution < 1.29 is 14.3 Å². The predicted molar refractivity (Wildman–Crippen MR) is 118 cm³/mol. The van der Waals surface area contributed by atoms with E-state index in [1.54, 1.807) is 35.3 Å². The van der Waals surface area contributed by atoms with Gasteiger partial charge in [0.2, 0.25) is 11.9 Å². The van der Waals surface area contributed by atoms with Crippen LogP contribution >= 0.6 is 0 Å². The van der Waals surface area contributed by atoms with E-state index in [4.69, 9.17) is 9.47 Å². The lowest BCUT2D eigenvalue weighted by Crippen LogP contribution is -2.42. The SMILES string of the molecule is COc1ccccc1-c1ccc2cnc(Nc3cn(CC(=O)N4CCOCC4)cn3)nn12. The number of aromatic nitrogens is 5. The molecule has 0 unspecified atom stereocenters. The molecule has 3 aromatic heterocycles. The van der Waals surface area contributed by atoms with Gasteiger partial charge in [-0.15, -0.1) is 5.10 Å². The van der Waals surface area contributed by atoms with Crippen LogP contribution in [0.25, 0.3) is 16.8 Å². The van der Waals surface area contributed by atoms with E-state index in [1.165, 1.54) is 0 Å². The standard InChI is InChI=1S/C22H23N7O3/c1-31-19-5-3-2-4-17(19)18-7-6-16-12-23-22(26-29(16)18)25-20-13-27(15-24-20)14-21(30)28-8-10-32-11-9-28/h2-7,12-13,15H,8-11,14H2,1H3,(H,25,26). The van der Waals surface area contributed by atoms with Gasteiger partial charge in [-0.2, -0.15) is 0 Å². The highest BCUT2D eigenvalue weighted by Gasteiger charge is 2.17. The molecule has 1 aliphatic rings. The van der Waals surface area contributed by atoms with Crippen molar-refractivity contribution in [3.05, 3.63) is 55.1 Å². The molecule has 0 spiro atoms. The summed E-state index contributed by atoms with van der Waals surface area (Å²) in [5, 5.41) is 7.74. The van der Waals surface area contributed by atoms with Gasteiger partial charge in [-0.25, -0.2) is 14.5 Å². The van der Waals surface area contributed by atoms with Gasteiger partial charge in [0.25, 0.3) is 0 Å². The summed E-state index contributed by atoms with van der Waals surface area (Å²) in [6.07, 6.45) is 5.13. The fourth-order valence-electron chi connectivity index (χ4n) is 3.71. The second-order valence-corrected chi connectivity index (χ2v) is 7.39. The van der Waals surface area contributed by atoms with E-state index in [2.05, 4.69) is 20.4 Å². The lowest BCUT2D eigenvalue weighted by molar-refractivity contribution is -0.135. The van der Waals surface area contributed by atoms with Gasteiger partial charge < -0.3 is 24.3 Å². The van der Waals surface area contributed by atoms with Crippen molar-refractivity contribution in [3.63, 3.8) is 0 Å². The fourth-order valence-corrected chi connectivity index (χ4v) is 3.71. The first-order valence-electron chi connectivity index (χ1n) is 10.3. The van der Waals surface area contributed by atoms with E-state index < -0.39 is 0 Å². The zero-order valence-electron chi connectivity index (χ0n) is 17.6. The minimum Gasteiger partial charge on any atom is -0.496 e. The highest BCUT2D eigenvalue weighted by atomic mass is 16.5. The van der Waals surface area contributed by atoms with Gasteiger partial charge in [0.05, 0.1) is 44.1 Å². The topological polar surface area (TPSA) is 98.8 Å². The molecular formula is C22H23N7O3. The number of nitrogens with one attached hydrogen (secondary N) is 1. The first-order valence-corrected chi connectivity index (χ1v) is 10.3. The second kappa shape index (κ2) is 8.67. The zero-order valence-corrected chi connectivity index (χ0v) is 17.6. The van der Waals surface area contributed by atoms with Crippen molar-refractivity contribution in [3.8, 4) is 17.0 Å². The number of rotatable bonds is 6. The number of fused-ring (bicyclic) bond motifs is 1. The largest absolute Gasteiger partial charge is 0.496 e. The van der Waals surface area contributed by atoms with Crippen molar-refractivity contribution in [2.75, 3.05) is 38.7 Å². The molecule has 0 atom stereocenters. The van der Waals surface area contributed by atoms with E-state index in [0.717, 1.165) is 22.5 Å². The van der Waals surface area contributed by atoms with Crippen LogP contribution in [-0.4, -0.2) is 68.4 Å². The van der Waals surface area contributed by atoms with Crippen LogP contribution < -0.4 is 10.1 Å². The molecule has 0 saturated carbocycles. The Hall–Kier alpha value is -3.92. The van der Waals surface area contributed by atoms with Gasteiger partial charge in [0.1, 0.15) is 12.3 Å². The lowest BCUT2D eigenvalue weighted by Gasteiger charge is -2.26. The molecule has 4 heterocycles. The molecule has 10 nitrogen and oxygen atoms in total. The van der Waals surface area contributed by atoms with Crippen LogP contribution in [0.4, 0.5) is 11.8 Å². The number of hydrogen-bond donors (Lipinski definition) is 1. The first kappa shape index (κ1) is 20.0. The van der Waals surface area contributed by atoms with Crippen molar-refractivity contribution in [2.45, 2.75) is 6.54 Å². The third-order valence-corrected chi connectivity index (χ3v) is 5.34. The third kappa shape index (κ3) is 4.00. The monoisotopic (exact) mass is 433 g/mol. The predicted octanol–water partition coefficient (Wildman–Crippen LogP) is 2.20. The maximum absolute atomic E-state index is 12.4. The fraction of sp³-hybridized carbons (Fsp3) is 0.273. The van der Waals surface area contributed by atoms with E-state index in [9.17, 15) is 4.79 Å². The number of carbonyl (C=O) groups excluding carboxylic acids is 1. The number of morpholine rings is 1. The molecular weight excluding hydrogens is 410 g/mol. The molecule has 1 saturated heterocycles. The van der Waals surface area contributed by atoms with Crippen LogP contribution in [-0.2, 0) is 16.1 Å². The number of amides is 1. The van der Waals surface area contributed by atoms with Crippen LogP contribution in [0, 0.1) is 0 Å². The second-order valence-electron chi connectivity index (χ2n) is 7.39. The van der Waals surface area contributed by atoms with Gasteiger partial charge in [-0.05, 0) is 24.3 Å². The summed E-state index contributed by atoms with van der Waals surface area (Å²) in [5.41, 5.74) is 2.69. The van der Waals surface area contributed by atoms with E-state index in [-0.39, 0.29) is 12.5 Å². The minimum absolute atomic E-state index is 0.0451. The third-order valence-electron chi connectivity index (χ3n) is 5.34. The molecule has 32 heavy (non-hydrogen) atoms. The van der Waals surface area contributed by atoms with Crippen molar-refractivity contribution in [1.29, 1.82) is 0 Å². The molecule has 5 rings (SSSR count). The molecule has 1 aliphatic heterocycles. The van der Waals surface area contributed by atoms with Gasteiger partial charge in [-0.1, -0.05) is 12.1 Å². The van der Waals surface area contributed by atoms with Gasteiger partial charge >= 0.3 is 0 Å². The smallest absolute Gasteiger partial charge is 0.246 e. The molecule has 0 bridgehead atoms. The van der Waals surface area contributed by atoms with Crippen LogP contribution in [0.3, 0.4) is 0 Å². The molecule has 0 radical (unpaired) electrons. The van der Waals surface area contributed by atoms with Crippen molar-refractivity contribution in [2.24, 2.45) is 0 Å². The Morgan fingerprint density at radius 2 is 2.00 bits per heavy atom. The van der Waals surface area contributed by atoms with Crippen molar-refractivity contribution >= 4 is 23.2 Å². The van der Waals surface area contributed by atoms with E-state index in [1.807, 2.05) is 40.9 Å². The minimum atomic E-state index is 0.0451. The Balaban J connectivity index is 1.34. The summed E-state index contributed by atoms with van der Waals surface area (Å²) in [5.74, 6) is 1.77. The molecule has 1 aromatic carbocycles. The van der Waals surface area contributed by atoms with Crippen LogP contribution in [0.15, 0.2) is 55.1 Å². The highest BCUT2D eigenvalue weighted by Crippen LogP contribution is 2.30. The number of nitrogens with zero attached hydrogens (tertiary/aromatic N) is 6. The van der Waals surface area contributed by atoms with Gasteiger partial charge in [0, 0.05) is 24.8 Å². The summed E-state index contributed by atoms with van der Waals surface area (Å²) in [6.45, 7) is 2.64. The number of benzene rings is 1. The molecule has 164 valence electrons. The van der Waals surface area contributed by atoms with Crippen LogP contribution in [0.2, 0.25) is 0 Å². The summed E-state index contributed by atoms with van der Waals surface area (Å²) in [7, 11) is 1.65. The summed E-state index contributed by atoms with van der Waals surface area (Å²) < 4.78 is 14.4. The molecule has 1 amide bonds. The highest BCUT2D eigenvalue weighted by molar-refractivity contribution is 5.76. The number of hydrogen-bond acceptors (Lipinski definition) is 7. The Morgan fingerprint density at radius 3 is 2.84 bits per heavy atom. The molecule has 1 fully saturated rings. The van der Waals surface area contributed by atoms with Gasteiger partial charge in [0.15, 0.2) is 5.82 Å². The van der Waals surface area contributed by atoms with E-state index >= 15 is 0 Å². The van der Waals surface area contributed by atoms with E-state index in [0.29, 0.717) is 38.1 Å². The normalized spacial score (nSPS) is 14.0. The number of anilines is 2. The average molecular weight is 433 g/mol. The molecule has 4 aromatic rings. The number of ether oxygens (including phenoxy) is 2. The lowest BCUT2D eigenvalue weighted by atomic mass is 10.1. The Morgan fingerprint density at radius 1 is 1.16 bits per heavy atom. The quantitative estimate of drug-likeness (QED) is 0.498. The number of methoxy groups -OCH3 is 1. The zero-order chi connectivity index (χ0) is 21.9. The Labute approximate surface area is 184 Å². The van der Waals surface area contributed by atoms with Crippen LogP contribution in [0.1, 0.15) is 0 Å². The number of carbonyl (C=O) groups is 1. The maximum atomic E-state index is 12.4. The summed E-state index contributed by atoms with van der Waals surface area (Å²) in [6, 6.07) is 11.7. The summed E-state index contributed by atoms with van der Waals surface area (Å²) >= 11 is 0. The van der Waals surface area contributed by atoms with Crippen LogP contribution in [0.5, 0.6) is 5.75 Å². The number of para-hydroxylation sites is 1. The first-order chi connectivity index (χ1) is 15.7. The number of imidazole rings is 1.